The molecule has 1 N–H and O–H groups in total. The molecule has 1 aromatic carbocycles. The first-order chi connectivity index (χ1) is 10.4. The van der Waals surface area contributed by atoms with Crippen molar-refractivity contribution in [3.63, 3.8) is 0 Å². The third-order valence-electron chi connectivity index (χ3n) is 4.18. The number of rotatable bonds is 5. The van der Waals surface area contributed by atoms with E-state index in [-0.39, 0.29) is 0 Å². The van der Waals surface area contributed by atoms with Gasteiger partial charge in [0.1, 0.15) is 5.82 Å². The number of nitrogens with one attached hydrogen (secondary N) is 1. The third-order valence-corrected chi connectivity index (χ3v) is 4.18. The molecule has 2 heterocycles. The topological polar surface area (TPSA) is 33.1 Å². The number of hydrogen-bond acceptors (Lipinski definition) is 3. The summed E-state index contributed by atoms with van der Waals surface area (Å²) >= 11 is 0. The minimum Gasteiger partial charge on any atom is -0.376 e. The summed E-state index contributed by atoms with van der Waals surface area (Å²) in [5.74, 6) is 1.09. The summed E-state index contributed by atoms with van der Waals surface area (Å²) in [4.78, 5) is 6.93. The van der Waals surface area contributed by atoms with Crippen LogP contribution in [0.15, 0.2) is 36.7 Å². The van der Waals surface area contributed by atoms with E-state index < -0.39 is 0 Å². The summed E-state index contributed by atoms with van der Waals surface area (Å²) < 4.78 is 2.18. The highest BCUT2D eigenvalue weighted by molar-refractivity contribution is 5.70. The molecule has 0 atom stereocenters. The standard InChI is InChI=1S/C17H24N4/c1-2-20-13-10-18-17(20)14-19-15-8-4-5-9-16(15)21-11-6-3-7-12-21/h4-5,8-10,13,19H,2-3,6-7,11-12,14H2,1H3. The van der Waals surface area contributed by atoms with Crippen LogP contribution in [0.1, 0.15) is 32.0 Å². The van der Waals surface area contributed by atoms with Gasteiger partial charge in [0.2, 0.25) is 0 Å². The molecule has 0 radical (unpaired) electrons. The maximum atomic E-state index is 4.43. The SMILES string of the molecule is CCn1ccnc1CNc1ccccc1N1CCCCC1. The summed E-state index contributed by atoms with van der Waals surface area (Å²) in [6.07, 6.45) is 7.87. The van der Waals surface area contributed by atoms with Crippen LogP contribution in [0, 0.1) is 0 Å². The van der Waals surface area contributed by atoms with Gasteiger partial charge in [-0.2, -0.15) is 0 Å². The van der Waals surface area contributed by atoms with Crippen molar-refractivity contribution in [1.82, 2.24) is 9.55 Å². The molecule has 3 rings (SSSR count). The normalized spacial score (nSPS) is 15.2. The van der Waals surface area contributed by atoms with E-state index in [4.69, 9.17) is 0 Å². The highest BCUT2D eigenvalue weighted by Gasteiger charge is 2.14. The minimum atomic E-state index is 0.770. The molecule has 1 aromatic heterocycles. The van der Waals surface area contributed by atoms with Crippen LogP contribution in [-0.4, -0.2) is 22.6 Å². The second-order valence-corrected chi connectivity index (χ2v) is 5.55. The van der Waals surface area contributed by atoms with Crippen molar-refractivity contribution in [3.8, 4) is 0 Å². The zero-order chi connectivity index (χ0) is 14.5. The lowest BCUT2D eigenvalue weighted by molar-refractivity contribution is 0.578. The van der Waals surface area contributed by atoms with Crippen LogP contribution in [0.3, 0.4) is 0 Å². The number of benzene rings is 1. The summed E-state index contributed by atoms with van der Waals surface area (Å²) in [6.45, 7) is 6.22. The highest BCUT2D eigenvalue weighted by Crippen LogP contribution is 2.28. The Balaban J connectivity index is 1.73. The molecule has 112 valence electrons. The Hall–Kier alpha value is -1.97. The molecular formula is C17H24N4. The van der Waals surface area contributed by atoms with Gasteiger partial charge < -0.3 is 14.8 Å². The van der Waals surface area contributed by atoms with E-state index in [1.165, 1.54) is 43.7 Å². The molecule has 0 unspecified atom stereocenters. The van der Waals surface area contributed by atoms with E-state index in [1.54, 1.807) is 0 Å². The first-order valence-electron chi connectivity index (χ1n) is 7.96. The highest BCUT2D eigenvalue weighted by atomic mass is 15.2. The Kier molecular flexibility index (Phi) is 4.43. The Morgan fingerprint density at radius 1 is 1.14 bits per heavy atom. The van der Waals surface area contributed by atoms with Crippen LogP contribution < -0.4 is 10.2 Å². The van der Waals surface area contributed by atoms with Gasteiger partial charge >= 0.3 is 0 Å². The molecule has 0 saturated carbocycles. The molecule has 1 aliphatic rings. The van der Waals surface area contributed by atoms with Crippen LogP contribution in [0.2, 0.25) is 0 Å². The maximum absolute atomic E-state index is 4.43. The van der Waals surface area contributed by atoms with Crippen molar-refractivity contribution in [2.45, 2.75) is 39.3 Å². The lowest BCUT2D eigenvalue weighted by atomic mass is 10.1. The van der Waals surface area contributed by atoms with Crippen LogP contribution in [0.5, 0.6) is 0 Å². The summed E-state index contributed by atoms with van der Waals surface area (Å²) in [5.41, 5.74) is 2.54. The monoisotopic (exact) mass is 284 g/mol. The molecule has 1 saturated heterocycles. The number of hydrogen-bond donors (Lipinski definition) is 1. The number of piperidine rings is 1. The van der Waals surface area contributed by atoms with Gasteiger partial charge in [-0.25, -0.2) is 4.98 Å². The lowest BCUT2D eigenvalue weighted by Crippen LogP contribution is -2.30. The Morgan fingerprint density at radius 3 is 2.76 bits per heavy atom. The Labute approximate surface area is 126 Å². The van der Waals surface area contributed by atoms with Gasteiger partial charge in [0.05, 0.1) is 17.9 Å². The Bertz CT molecular complexity index is 570. The molecule has 2 aromatic rings. The summed E-state index contributed by atoms with van der Waals surface area (Å²) in [5, 5.41) is 3.56. The number of nitrogens with zero attached hydrogens (tertiary/aromatic N) is 3. The van der Waals surface area contributed by atoms with Gasteiger partial charge in [-0.3, -0.25) is 0 Å². The molecule has 21 heavy (non-hydrogen) atoms. The Morgan fingerprint density at radius 2 is 1.95 bits per heavy atom. The van der Waals surface area contributed by atoms with Gasteiger partial charge in [-0.05, 0) is 38.3 Å². The average Bonchev–Trinajstić information content (AvgIpc) is 3.01. The van der Waals surface area contributed by atoms with Crippen molar-refractivity contribution in [1.29, 1.82) is 0 Å². The van der Waals surface area contributed by atoms with Crippen LogP contribution in [-0.2, 0) is 13.1 Å². The van der Waals surface area contributed by atoms with Crippen LogP contribution in [0.4, 0.5) is 11.4 Å². The van der Waals surface area contributed by atoms with E-state index in [0.29, 0.717) is 0 Å². The van der Waals surface area contributed by atoms with Crippen LogP contribution >= 0.6 is 0 Å². The van der Waals surface area contributed by atoms with E-state index in [0.717, 1.165) is 18.9 Å². The number of imidazole rings is 1. The fourth-order valence-electron chi connectivity index (χ4n) is 3.00. The smallest absolute Gasteiger partial charge is 0.128 e. The number of para-hydroxylation sites is 2. The molecule has 1 fully saturated rings. The first kappa shape index (κ1) is 14.0. The first-order valence-corrected chi connectivity index (χ1v) is 7.96. The molecule has 4 heteroatoms. The zero-order valence-corrected chi connectivity index (χ0v) is 12.8. The molecule has 0 bridgehead atoms. The quantitative estimate of drug-likeness (QED) is 0.912. The molecule has 0 aliphatic carbocycles. The predicted molar refractivity (Wildman–Crippen MR) is 87.7 cm³/mol. The lowest BCUT2D eigenvalue weighted by Gasteiger charge is -2.30. The number of anilines is 2. The van der Waals surface area contributed by atoms with E-state index >= 15 is 0 Å². The zero-order valence-electron chi connectivity index (χ0n) is 12.8. The van der Waals surface area contributed by atoms with E-state index in [2.05, 4.69) is 51.0 Å². The maximum Gasteiger partial charge on any atom is 0.128 e. The molecular weight excluding hydrogens is 260 g/mol. The van der Waals surface area contributed by atoms with Crippen LogP contribution in [0.25, 0.3) is 0 Å². The van der Waals surface area contributed by atoms with Gasteiger partial charge in [0, 0.05) is 32.0 Å². The van der Waals surface area contributed by atoms with E-state index in [1.807, 2.05) is 12.4 Å². The molecule has 0 spiro atoms. The van der Waals surface area contributed by atoms with Crippen molar-refractivity contribution < 1.29 is 0 Å². The fraction of sp³-hybridized carbons (Fsp3) is 0.471. The summed E-state index contributed by atoms with van der Waals surface area (Å²) in [6, 6.07) is 8.62. The minimum absolute atomic E-state index is 0.770. The largest absolute Gasteiger partial charge is 0.376 e. The predicted octanol–water partition coefficient (Wildman–Crippen LogP) is 3.51. The van der Waals surface area contributed by atoms with Gasteiger partial charge in [-0.1, -0.05) is 12.1 Å². The van der Waals surface area contributed by atoms with E-state index in [9.17, 15) is 0 Å². The fourth-order valence-corrected chi connectivity index (χ4v) is 3.00. The van der Waals surface area contributed by atoms with Gasteiger partial charge in [0.25, 0.3) is 0 Å². The summed E-state index contributed by atoms with van der Waals surface area (Å²) in [7, 11) is 0. The third kappa shape index (κ3) is 3.20. The molecule has 4 nitrogen and oxygen atoms in total. The van der Waals surface area contributed by atoms with Crippen molar-refractivity contribution in [2.24, 2.45) is 0 Å². The van der Waals surface area contributed by atoms with Crippen molar-refractivity contribution in [3.05, 3.63) is 42.5 Å². The number of aromatic nitrogens is 2. The molecule has 0 amide bonds. The molecule has 1 aliphatic heterocycles. The second kappa shape index (κ2) is 6.66. The van der Waals surface area contributed by atoms with Gasteiger partial charge in [0.15, 0.2) is 0 Å². The number of aryl methyl sites for hydroxylation is 1. The second-order valence-electron chi connectivity index (χ2n) is 5.55. The average molecular weight is 284 g/mol. The van der Waals surface area contributed by atoms with Gasteiger partial charge in [-0.15, -0.1) is 0 Å². The van der Waals surface area contributed by atoms with Crippen molar-refractivity contribution in [2.75, 3.05) is 23.3 Å². The van der Waals surface area contributed by atoms with Crippen molar-refractivity contribution >= 4 is 11.4 Å².